The highest BCUT2D eigenvalue weighted by molar-refractivity contribution is 9.10. The van der Waals surface area contributed by atoms with E-state index < -0.39 is 6.10 Å². The molecule has 1 unspecified atom stereocenters. The molecule has 0 bridgehead atoms. The van der Waals surface area contributed by atoms with Gasteiger partial charge in [0.25, 0.3) is 0 Å². The van der Waals surface area contributed by atoms with Crippen LogP contribution in [0.4, 0.5) is 0 Å². The monoisotopic (exact) mass is 284 g/mol. The molecular formula is C10H9BrN2OS. The first-order valence-electron chi connectivity index (χ1n) is 4.43. The van der Waals surface area contributed by atoms with Crippen LogP contribution in [0.1, 0.15) is 17.9 Å². The Kier molecular flexibility index (Phi) is 3.14. The molecule has 0 spiro atoms. The van der Waals surface area contributed by atoms with Crippen LogP contribution in [-0.2, 0) is 0 Å². The number of aromatic nitrogens is 2. The quantitative estimate of drug-likeness (QED) is 0.922. The van der Waals surface area contributed by atoms with Crippen molar-refractivity contribution in [3.8, 4) is 10.7 Å². The number of thiazole rings is 1. The Morgan fingerprint density at radius 2 is 2.27 bits per heavy atom. The lowest BCUT2D eigenvalue weighted by Gasteiger charge is -1.98. The smallest absolute Gasteiger partial charge is 0.143 e. The van der Waals surface area contributed by atoms with Crippen molar-refractivity contribution in [3.05, 3.63) is 33.9 Å². The van der Waals surface area contributed by atoms with Gasteiger partial charge < -0.3 is 5.11 Å². The number of aliphatic hydroxyl groups is 1. The van der Waals surface area contributed by atoms with E-state index in [0.29, 0.717) is 0 Å². The van der Waals surface area contributed by atoms with Gasteiger partial charge >= 0.3 is 0 Å². The summed E-state index contributed by atoms with van der Waals surface area (Å²) in [6, 6.07) is 3.78. The highest BCUT2D eigenvalue weighted by Gasteiger charge is 2.11. The normalized spacial score (nSPS) is 12.7. The zero-order valence-electron chi connectivity index (χ0n) is 8.01. The van der Waals surface area contributed by atoms with Gasteiger partial charge in [0.2, 0.25) is 0 Å². The van der Waals surface area contributed by atoms with Gasteiger partial charge in [0.15, 0.2) is 0 Å². The number of nitrogens with zero attached hydrogens (tertiary/aromatic N) is 2. The number of pyridine rings is 1. The minimum Gasteiger partial charge on any atom is -0.388 e. The average Bonchev–Trinajstić information content (AvgIpc) is 2.67. The van der Waals surface area contributed by atoms with Crippen molar-refractivity contribution in [2.75, 3.05) is 0 Å². The fourth-order valence-corrected chi connectivity index (χ4v) is 2.57. The van der Waals surface area contributed by atoms with Gasteiger partial charge in [-0.3, -0.25) is 4.98 Å². The van der Waals surface area contributed by atoms with Gasteiger partial charge in [-0.05, 0) is 35.0 Å². The lowest BCUT2D eigenvalue weighted by Crippen LogP contribution is -1.83. The third-order valence-electron chi connectivity index (χ3n) is 1.90. The molecule has 0 aliphatic heterocycles. The Bertz CT molecular complexity index is 470. The molecule has 0 fully saturated rings. The summed E-state index contributed by atoms with van der Waals surface area (Å²) in [5.74, 6) is 0. The van der Waals surface area contributed by atoms with Crippen LogP contribution in [0.15, 0.2) is 29.0 Å². The molecule has 0 aliphatic carbocycles. The van der Waals surface area contributed by atoms with E-state index in [1.807, 2.05) is 12.1 Å². The van der Waals surface area contributed by atoms with Crippen molar-refractivity contribution in [3.63, 3.8) is 0 Å². The lowest BCUT2D eigenvalue weighted by molar-refractivity contribution is 0.203. The molecule has 2 aromatic heterocycles. The first-order chi connectivity index (χ1) is 7.18. The third kappa shape index (κ3) is 2.25. The molecule has 2 aromatic rings. The number of hydrogen-bond acceptors (Lipinski definition) is 4. The molecule has 15 heavy (non-hydrogen) atoms. The Morgan fingerprint density at radius 3 is 2.87 bits per heavy atom. The molecule has 0 aromatic carbocycles. The summed E-state index contributed by atoms with van der Waals surface area (Å²) in [6.07, 6.45) is 2.94. The van der Waals surface area contributed by atoms with E-state index in [1.54, 1.807) is 19.3 Å². The molecule has 2 rings (SSSR count). The van der Waals surface area contributed by atoms with Gasteiger partial charge in [-0.25, -0.2) is 4.98 Å². The van der Waals surface area contributed by atoms with Gasteiger partial charge in [-0.2, -0.15) is 0 Å². The summed E-state index contributed by atoms with van der Waals surface area (Å²) in [5.41, 5.74) is 0.814. The van der Waals surface area contributed by atoms with Crippen LogP contribution in [-0.4, -0.2) is 15.1 Å². The molecule has 0 saturated carbocycles. The topological polar surface area (TPSA) is 46.0 Å². The van der Waals surface area contributed by atoms with E-state index in [1.165, 1.54) is 11.3 Å². The van der Waals surface area contributed by atoms with E-state index >= 15 is 0 Å². The molecule has 2 heterocycles. The summed E-state index contributed by atoms with van der Waals surface area (Å²) < 4.78 is 0.913. The van der Waals surface area contributed by atoms with Gasteiger partial charge in [0.05, 0.1) is 11.0 Å². The van der Waals surface area contributed by atoms with Crippen LogP contribution in [0.5, 0.6) is 0 Å². The number of halogens is 1. The number of hydrogen-bond donors (Lipinski definition) is 1. The zero-order valence-corrected chi connectivity index (χ0v) is 10.4. The first-order valence-corrected chi connectivity index (χ1v) is 6.04. The summed E-state index contributed by atoms with van der Waals surface area (Å²) in [4.78, 5) is 9.32. The lowest BCUT2D eigenvalue weighted by atomic mass is 10.3. The molecule has 1 N–H and O–H groups in total. The highest BCUT2D eigenvalue weighted by atomic mass is 79.9. The van der Waals surface area contributed by atoms with Gasteiger partial charge in [0, 0.05) is 16.9 Å². The van der Waals surface area contributed by atoms with Crippen molar-refractivity contribution >= 4 is 27.3 Å². The standard InChI is InChI=1S/C10H9BrN2OS/c1-6(14)8-5-13-10(15-8)9-7(11)3-2-4-12-9/h2-6,14H,1H3. The number of aliphatic hydroxyl groups excluding tert-OH is 1. The zero-order chi connectivity index (χ0) is 10.8. The summed E-state index contributed by atoms with van der Waals surface area (Å²) in [6.45, 7) is 1.73. The Balaban J connectivity index is 2.42. The van der Waals surface area contributed by atoms with Crippen molar-refractivity contribution in [1.82, 2.24) is 9.97 Å². The predicted octanol–water partition coefficient (Wildman–Crippen LogP) is 3.02. The first kappa shape index (κ1) is 10.7. The summed E-state index contributed by atoms with van der Waals surface area (Å²) in [5, 5.41) is 10.2. The molecule has 3 nitrogen and oxygen atoms in total. The van der Waals surface area contributed by atoms with Crippen LogP contribution in [0.3, 0.4) is 0 Å². The second kappa shape index (κ2) is 4.38. The van der Waals surface area contributed by atoms with E-state index in [2.05, 4.69) is 25.9 Å². The highest BCUT2D eigenvalue weighted by Crippen LogP contribution is 2.31. The van der Waals surface area contributed by atoms with E-state index in [-0.39, 0.29) is 0 Å². The molecule has 0 radical (unpaired) electrons. The maximum absolute atomic E-state index is 9.39. The molecule has 0 amide bonds. The van der Waals surface area contributed by atoms with Crippen LogP contribution >= 0.6 is 27.3 Å². The third-order valence-corrected chi connectivity index (χ3v) is 3.71. The van der Waals surface area contributed by atoms with Gasteiger partial charge in [0.1, 0.15) is 10.7 Å². The van der Waals surface area contributed by atoms with E-state index in [4.69, 9.17) is 0 Å². The van der Waals surface area contributed by atoms with Crippen LogP contribution in [0.2, 0.25) is 0 Å². The Labute approximate surface area is 100.0 Å². The number of rotatable bonds is 2. The maximum Gasteiger partial charge on any atom is 0.143 e. The van der Waals surface area contributed by atoms with E-state index in [9.17, 15) is 5.11 Å². The van der Waals surface area contributed by atoms with Crippen LogP contribution in [0.25, 0.3) is 10.7 Å². The molecule has 0 saturated heterocycles. The average molecular weight is 285 g/mol. The Morgan fingerprint density at radius 1 is 1.47 bits per heavy atom. The predicted molar refractivity (Wildman–Crippen MR) is 63.7 cm³/mol. The molecule has 78 valence electrons. The molecule has 5 heteroatoms. The second-order valence-electron chi connectivity index (χ2n) is 3.08. The second-order valence-corrected chi connectivity index (χ2v) is 4.99. The Hall–Kier alpha value is -0.780. The largest absolute Gasteiger partial charge is 0.388 e. The van der Waals surface area contributed by atoms with Crippen molar-refractivity contribution < 1.29 is 5.11 Å². The minimum absolute atomic E-state index is 0.473. The molecule has 1 atom stereocenters. The van der Waals surface area contributed by atoms with Crippen molar-refractivity contribution in [2.45, 2.75) is 13.0 Å². The minimum atomic E-state index is -0.473. The van der Waals surface area contributed by atoms with Crippen LogP contribution in [0, 0.1) is 0 Å². The summed E-state index contributed by atoms with van der Waals surface area (Å²) >= 11 is 4.88. The fourth-order valence-electron chi connectivity index (χ4n) is 1.13. The van der Waals surface area contributed by atoms with E-state index in [0.717, 1.165) is 20.1 Å². The maximum atomic E-state index is 9.39. The fraction of sp³-hybridized carbons (Fsp3) is 0.200. The van der Waals surface area contributed by atoms with Gasteiger partial charge in [-0.15, -0.1) is 11.3 Å². The molecular weight excluding hydrogens is 276 g/mol. The molecule has 0 aliphatic rings. The van der Waals surface area contributed by atoms with Crippen molar-refractivity contribution in [2.24, 2.45) is 0 Å². The van der Waals surface area contributed by atoms with Crippen molar-refractivity contribution in [1.29, 1.82) is 0 Å². The summed E-state index contributed by atoms with van der Waals surface area (Å²) in [7, 11) is 0. The van der Waals surface area contributed by atoms with Gasteiger partial charge in [-0.1, -0.05) is 0 Å². The SMILES string of the molecule is CC(O)c1cnc(-c2ncccc2Br)s1. The van der Waals surface area contributed by atoms with Crippen LogP contribution < -0.4 is 0 Å².